The van der Waals surface area contributed by atoms with Crippen molar-refractivity contribution in [2.45, 2.75) is 6.61 Å². The van der Waals surface area contributed by atoms with E-state index in [0.29, 0.717) is 27.1 Å². The number of benzene rings is 2. The molecule has 0 spiro atoms. The highest BCUT2D eigenvalue weighted by Gasteiger charge is 2.12. The normalized spacial score (nSPS) is 10.7. The number of amides is 1. The Morgan fingerprint density at radius 2 is 1.96 bits per heavy atom. The van der Waals surface area contributed by atoms with Crippen molar-refractivity contribution in [1.29, 1.82) is 0 Å². The van der Waals surface area contributed by atoms with Crippen molar-refractivity contribution < 1.29 is 18.3 Å². The average Bonchev–Trinajstić information content (AvgIpc) is 3.03. The maximum absolute atomic E-state index is 12.1. The Bertz CT molecular complexity index is 887. The molecule has 1 aromatic heterocycles. The third-order valence-corrected chi connectivity index (χ3v) is 3.94. The van der Waals surface area contributed by atoms with Crippen molar-refractivity contribution in [2.75, 3.05) is 5.32 Å². The largest absolute Gasteiger partial charge is 0.435 e. The molecule has 0 saturated heterocycles. The summed E-state index contributed by atoms with van der Waals surface area (Å²) in [6.45, 7) is -2.88. The van der Waals surface area contributed by atoms with Crippen LogP contribution in [0.3, 0.4) is 0 Å². The lowest BCUT2D eigenvalue weighted by atomic mass is 10.2. The van der Waals surface area contributed by atoms with E-state index in [9.17, 15) is 13.6 Å². The van der Waals surface area contributed by atoms with Crippen LogP contribution in [0.2, 0.25) is 5.02 Å². The lowest BCUT2D eigenvalue weighted by Gasteiger charge is -2.04. The van der Waals surface area contributed by atoms with Gasteiger partial charge in [0, 0.05) is 27.7 Å². The van der Waals surface area contributed by atoms with Gasteiger partial charge in [0.25, 0.3) is 5.91 Å². The number of aromatic nitrogens is 2. The maximum atomic E-state index is 12.1. The van der Waals surface area contributed by atoms with Crippen LogP contribution in [0.4, 0.5) is 13.9 Å². The molecular weight excluding hydrogens is 372 g/mol. The molecule has 25 heavy (non-hydrogen) atoms. The Balaban J connectivity index is 1.71. The number of nitrogens with one attached hydrogen (secondary N) is 1. The standard InChI is InChI=1S/C16H10ClF2N3O2S/c17-11-3-1-2-10(8-11)14(23)21-16-20-13(22-25-16)9-4-6-12(7-5-9)24-15(18)19/h1-8,15H,(H,20,21,22,23). The minimum Gasteiger partial charge on any atom is -0.435 e. The van der Waals surface area contributed by atoms with Crippen LogP contribution in [0.25, 0.3) is 11.4 Å². The van der Waals surface area contributed by atoms with Gasteiger partial charge in [0.05, 0.1) is 0 Å². The Morgan fingerprint density at radius 3 is 2.64 bits per heavy atom. The molecule has 0 bridgehead atoms. The summed E-state index contributed by atoms with van der Waals surface area (Å²) in [5.41, 5.74) is 1.01. The third kappa shape index (κ3) is 4.49. The Hall–Kier alpha value is -2.58. The van der Waals surface area contributed by atoms with Gasteiger partial charge in [-0.15, -0.1) is 0 Å². The van der Waals surface area contributed by atoms with Crippen molar-refractivity contribution in [3.63, 3.8) is 0 Å². The topological polar surface area (TPSA) is 64.1 Å². The average molecular weight is 382 g/mol. The predicted molar refractivity (Wildman–Crippen MR) is 91.4 cm³/mol. The van der Waals surface area contributed by atoms with Gasteiger partial charge in [0.1, 0.15) is 5.75 Å². The summed E-state index contributed by atoms with van der Waals surface area (Å²) >= 11 is 6.87. The fraction of sp³-hybridized carbons (Fsp3) is 0.0625. The monoisotopic (exact) mass is 381 g/mol. The molecule has 2 aromatic carbocycles. The molecule has 128 valence electrons. The van der Waals surface area contributed by atoms with Crippen LogP contribution in [-0.2, 0) is 0 Å². The van der Waals surface area contributed by atoms with Crippen LogP contribution < -0.4 is 10.1 Å². The van der Waals surface area contributed by atoms with E-state index in [-0.39, 0.29) is 11.7 Å². The number of alkyl halides is 2. The molecule has 0 aliphatic carbocycles. The molecule has 9 heteroatoms. The smallest absolute Gasteiger partial charge is 0.387 e. The molecule has 1 heterocycles. The molecule has 3 aromatic rings. The first-order chi connectivity index (χ1) is 12.0. The first-order valence-electron chi connectivity index (χ1n) is 6.97. The number of ether oxygens (including phenoxy) is 1. The summed E-state index contributed by atoms with van der Waals surface area (Å²) < 4.78 is 32.7. The second-order valence-corrected chi connectivity index (χ2v) is 5.98. The molecule has 0 aliphatic heterocycles. The van der Waals surface area contributed by atoms with Gasteiger partial charge < -0.3 is 4.74 Å². The van der Waals surface area contributed by atoms with Gasteiger partial charge in [-0.1, -0.05) is 17.7 Å². The SMILES string of the molecule is O=C(Nc1nc(-c2ccc(OC(F)F)cc2)ns1)c1cccc(Cl)c1. The van der Waals surface area contributed by atoms with Gasteiger partial charge >= 0.3 is 6.61 Å². The Labute approximate surface area is 150 Å². The van der Waals surface area contributed by atoms with Crippen LogP contribution in [0, 0.1) is 0 Å². The molecule has 1 amide bonds. The highest BCUT2D eigenvalue weighted by atomic mass is 35.5. The summed E-state index contributed by atoms with van der Waals surface area (Å²) in [7, 11) is 0. The second-order valence-electron chi connectivity index (χ2n) is 4.79. The molecule has 0 radical (unpaired) electrons. The molecule has 3 rings (SSSR count). The first-order valence-corrected chi connectivity index (χ1v) is 8.12. The minimum absolute atomic E-state index is 0.0449. The minimum atomic E-state index is -2.88. The number of hydrogen-bond donors (Lipinski definition) is 1. The van der Waals surface area contributed by atoms with Crippen LogP contribution >= 0.6 is 23.1 Å². The van der Waals surface area contributed by atoms with Gasteiger partial charge in [0.2, 0.25) is 5.13 Å². The van der Waals surface area contributed by atoms with E-state index in [1.54, 1.807) is 36.4 Å². The molecule has 0 unspecified atom stereocenters. The van der Waals surface area contributed by atoms with E-state index >= 15 is 0 Å². The van der Waals surface area contributed by atoms with Gasteiger partial charge in [0.15, 0.2) is 5.82 Å². The van der Waals surface area contributed by atoms with E-state index in [4.69, 9.17) is 11.6 Å². The zero-order chi connectivity index (χ0) is 17.8. The molecule has 5 nitrogen and oxygen atoms in total. The fourth-order valence-corrected chi connectivity index (χ4v) is 2.75. The Kier molecular flexibility index (Phi) is 5.20. The number of nitrogens with zero attached hydrogens (tertiary/aromatic N) is 2. The van der Waals surface area contributed by atoms with Gasteiger partial charge in [-0.05, 0) is 42.5 Å². The lowest BCUT2D eigenvalue weighted by molar-refractivity contribution is -0.0498. The number of anilines is 1. The molecule has 1 N–H and O–H groups in total. The number of halogens is 3. The Morgan fingerprint density at radius 1 is 1.20 bits per heavy atom. The van der Waals surface area contributed by atoms with Crippen molar-refractivity contribution in [1.82, 2.24) is 9.36 Å². The molecule has 0 aliphatic rings. The van der Waals surface area contributed by atoms with Crippen LogP contribution in [0.1, 0.15) is 10.4 Å². The third-order valence-electron chi connectivity index (χ3n) is 3.07. The zero-order valence-corrected chi connectivity index (χ0v) is 14.0. The van der Waals surface area contributed by atoms with E-state index in [1.165, 1.54) is 12.1 Å². The lowest BCUT2D eigenvalue weighted by Crippen LogP contribution is -2.11. The zero-order valence-electron chi connectivity index (χ0n) is 12.4. The quantitative estimate of drug-likeness (QED) is 0.695. The fourth-order valence-electron chi connectivity index (χ4n) is 1.98. The summed E-state index contributed by atoms with van der Waals surface area (Å²) in [6, 6.07) is 12.4. The van der Waals surface area contributed by atoms with Crippen LogP contribution in [-0.4, -0.2) is 21.9 Å². The number of carbonyl (C=O) groups excluding carboxylic acids is 1. The van der Waals surface area contributed by atoms with Gasteiger partial charge in [-0.3, -0.25) is 10.1 Å². The van der Waals surface area contributed by atoms with E-state index in [1.807, 2.05) is 0 Å². The second kappa shape index (κ2) is 7.54. The van der Waals surface area contributed by atoms with Gasteiger partial charge in [-0.25, -0.2) is 0 Å². The molecular formula is C16H10ClF2N3O2S. The molecule has 0 atom stereocenters. The summed E-state index contributed by atoms with van der Waals surface area (Å²) in [5.74, 6) is 0.0596. The van der Waals surface area contributed by atoms with E-state index in [2.05, 4.69) is 19.4 Å². The summed E-state index contributed by atoms with van der Waals surface area (Å²) in [5, 5.41) is 3.40. The van der Waals surface area contributed by atoms with Crippen molar-refractivity contribution >= 4 is 34.2 Å². The maximum Gasteiger partial charge on any atom is 0.387 e. The number of hydrogen-bond acceptors (Lipinski definition) is 5. The van der Waals surface area contributed by atoms with Crippen molar-refractivity contribution in [3.8, 4) is 17.1 Å². The predicted octanol–water partition coefficient (Wildman–Crippen LogP) is 4.71. The first kappa shape index (κ1) is 17.2. The number of carbonyl (C=O) groups is 1. The molecule has 0 fully saturated rings. The highest BCUT2D eigenvalue weighted by Crippen LogP contribution is 2.24. The number of rotatable bonds is 5. The summed E-state index contributed by atoms with van der Waals surface area (Å²) in [6.07, 6.45) is 0. The van der Waals surface area contributed by atoms with Crippen molar-refractivity contribution in [3.05, 3.63) is 59.1 Å². The van der Waals surface area contributed by atoms with Crippen LogP contribution in [0.15, 0.2) is 48.5 Å². The van der Waals surface area contributed by atoms with E-state index in [0.717, 1.165) is 11.5 Å². The van der Waals surface area contributed by atoms with E-state index < -0.39 is 6.61 Å². The van der Waals surface area contributed by atoms with Crippen molar-refractivity contribution in [2.24, 2.45) is 0 Å². The molecule has 0 saturated carbocycles. The highest BCUT2D eigenvalue weighted by molar-refractivity contribution is 7.10. The summed E-state index contributed by atoms with van der Waals surface area (Å²) in [4.78, 5) is 16.4. The van der Waals surface area contributed by atoms with Crippen LogP contribution in [0.5, 0.6) is 5.75 Å². The van der Waals surface area contributed by atoms with Gasteiger partial charge in [-0.2, -0.15) is 18.1 Å².